The molecule has 0 atom stereocenters. The van der Waals surface area contributed by atoms with Crippen molar-refractivity contribution in [1.82, 2.24) is 20.6 Å². The molecule has 1 amide bonds. The van der Waals surface area contributed by atoms with Gasteiger partial charge in [-0.2, -0.15) is 13.9 Å². The molecule has 0 bridgehead atoms. The normalized spacial score (nSPS) is 16.9. The van der Waals surface area contributed by atoms with E-state index in [0.29, 0.717) is 34.9 Å². The van der Waals surface area contributed by atoms with Gasteiger partial charge >= 0.3 is 6.61 Å². The first-order valence-corrected chi connectivity index (χ1v) is 10.4. The second kappa shape index (κ2) is 8.04. The summed E-state index contributed by atoms with van der Waals surface area (Å²) in [7, 11) is 0. The van der Waals surface area contributed by atoms with Gasteiger partial charge in [-0.25, -0.2) is 10.4 Å². The summed E-state index contributed by atoms with van der Waals surface area (Å²) in [6.07, 6.45) is 6.61. The number of hydrazine groups is 1. The Kier molecular flexibility index (Phi) is 5.08. The van der Waals surface area contributed by atoms with Gasteiger partial charge in [0.2, 0.25) is 0 Å². The van der Waals surface area contributed by atoms with Crippen LogP contribution in [-0.4, -0.2) is 52.8 Å². The minimum atomic E-state index is -3.00. The molecule has 0 unspecified atom stereocenters. The first-order valence-electron chi connectivity index (χ1n) is 9.42. The number of carbonyl (C=O) groups is 1. The van der Waals surface area contributed by atoms with Gasteiger partial charge < -0.3 is 15.4 Å². The van der Waals surface area contributed by atoms with Crippen LogP contribution in [0, 0.1) is 0 Å². The van der Waals surface area contributed by atoms with Gasteiger partial charge in [0.15, 0.2) is 5.82 Å². The van der Waals surface area contributed by atoms with Crippen LogP contribution in [0.15, 0.2) is 51.9 Å². The maximum absolute atomic E-state index is 13.1. The van der Waals surface area contributed by atoms with Gasteiger partial charge in [-0.05, 0) is 12.1 Å². The van der Waals surface area contributed by atoms with E-state index >= 15 is 0 Å². The summed E-state index contributed by atoms with van der Waals surface area (Å²) >= 11 is 1.61. The first-order chi connectivity index (χ1) is 15.1. The lowest BCUT2D eigenvalue weighted by Gasteiger charge is -2.20. The molecule has 0 saturated heterocycles. The number of H-pyrrole nitrogens is 1. The highest BCUT2D eigenvalue weighted by atomic mass is 32.2. The third kappa shape index (κ3) is 3.75. The Balaban J connectivity index is 1.48. The Morgan fingerprint density at radius 1 is 1.35 bits per heavy atom. The van der Waals surface area contributed by atoms with Crippen molar-refractivity contribution in [3.8, 4) is 17.0 Å². The third-order valence-corrected chi connectivity index (χ3v) is 5.89. The van der Waals surface area contributed by atoms with Crippen LogP contribution in [0.5, 0.6) is 5.75 Å². The number of halogens is 2. The van der Waals surface area contributed by atoms with Crippen molar-refractivity contribution in [1.29, 1.82) is 0 Å². The van der Waals surface area contributed by atoms with E-state index in [4.69, 9.17) is 4.74 Å². The van der Waals surface area contributed by atoms with Crippen molar-refractivity contribution in [3.05, 3.63) is 42.0 Å². The number of carbonyl (C=O) groups excluding carboxylic acids is 1. The fourth-order valence-corrected chi connectivity index (χ4v) is 4.39. The number of aromatic amines is 1. The molecule has 4 N–H and O–H groups in total. The number of benzene rings is 1. The van der Waals surface area contributed by atoms with Crippen LogP contribution in [0.25, 0.3) is 11.3 Å². The number of rotatable bonds is 5. The average Bonchev–Trinajstić information content (AvgIpc) is 3.40. The molecule has 0 aliphatic carbocycles. The van der Waals surface area contributed by atoms with Crippen LogP contribution in [0.4, 0.5) is 20.2 Å². The maximum atomic E-state index is 13.1. The van der Waals surface area contributed by atoms with E-state index in [0.717, 1.165) is 22.9 Å². The Labute approximate surface area is 179 Å². The molecule has 2 aromatic rings. The number of nitrogens with one attached hydrogen (secondary N) is 4. The number of allylic oxidation sites excluding steroid dienone is 1. The zero-order chi connectivity index (χ0) is 21.4. The molecular formula is C19H17F2N7O2S. The van der Waals surface area contributed by atoms with Crippen molar-refractivity contribution < 1.29 is 18.3 Å². The highest BCUT2D eigenvalue weighted by Crippen LogP contribution is 2.42. The van der Waals surface area contributed by atoms with Crippen LogP contribution in [0.2, 0.25) is 0 Å². The fraction of sp³-hybridized carbons (Fsp3) is 0.211. The largest absolute Gasteiger partial charge is 0.434 e. The Hall–Kier alpha value is -3.38. The summed E-state index contributed by atoms with van der Waals surface area (Å²) in [5.74, 6) is 0.957. The van der Waals surface area contributed by atoms with Crippen LogP contribution < -0.4 is 20.8 Å². The van der Waals surface area contributed by atoms with E-state index in [1.54, 1.807) is 41.3 Å². The Bertz CT molecular complexity index is 1130. The molecule has 0 spiro atoms. The minimum absolute atomic E-state index is 0.0240. The van der Waals surface area contributed by atoms with Crippen LogP contribution >= 0.6 is 11.8 Å². The molecule has 0 saturated carbocycles. The van der Waals surface area contributed by atoms with Crippen molar-refractivity contribution in [2.75, 3.05) is 29.5 Å². The second-order valence-corrected chi connectivity index (χ2v) is 7.86. The fourth-order valence-electron chi connectivity index (χ4n) is 3.48. The van der Waals surface area contributed by atoms with Gasteiger partial charge in [-0.3, -0.25) is 14.9 Å². The molecule has 1 aromatic heterocycles. The zero-order valence-corrected chi connectivity index (χ0v) is 16.8. The molecule has 5 rings (SSSR count). The molecule has 160 valence electrons. The van der Waals surface area contributed by atoms with E-state index < -0.39 is 6.61 Å². The van der Waals surface area contributed by atoms with Crippen molar-refractivity contribution in [2.24, 2.45) is 4.99 Å². The van der Waals surface area contributed by atoms with E-state index in [-0.39, 0.29) is 11.7 Å². The van der Waals surface area contributed by atoms with E-state index in [2.05, 4.69) is 31.2 Å². The van der Waals surface area contributed by atoms with Gasteiger partial charge in [-0.15, -0.1) is 11.8 Å². The second-order valence-electron chi connectivity index (χ2n) is 6.73. The van der Waals surface area contributed by atoms with Gasteiger partial charge in [0.25, 0.3) is 5.91 Å². The summed E-state index contributed by atoms with van der Waals surface area (Å²) < 4.78 is 30.9. The summed E-state index contributed by atoms with van der Waals surface area (Å²) in [5.41, 5.74) is 5.22. The van der Waals surface area contributed by atoms with Crippen molar-refractivity contribution in [2.45, 2.75) is 11.5 Å². The number of aromatic nitrogens is 2. The third-order valence-electron chi connectivity index (χ3n) is 4.83. The zero-order valence-electron chi connectivity index (χ0n) is 16.0. The van der Waals surface area contributed by atoms with E-state index in [1.807, 2.05) is 0 Å². The minimum Gasteiger partial charge on any atom is -0.434 e. The van der Waals surface area contributed by atoms with E-state index in [9.17, 15) is 13.6 Å². The Morgan fingerprint density at radius 3 is 3.13 bits per heavy atom. The Morgan fingerprint density at radius 2 is 2.26 bits per heavy atom. The molecule has 1 aromatic carbocycles. The smallest absolute Gasteiger partial charge is 0.387 e. The number of hydrogen-bond acceptors (Lipinski definition) is 8. The SMILES string of the molecule is O=C(Nc1c[nH]nc1-c1cc2c(cc1OC(F)F)NCCS2)C1=C2N=CC=CN2NC1. The maximum Gasteiger partial charge on any atom is 0.387 e. The van der Waals surface area contributed by atoms with Gasteiger partial charge in [0.05, 0.1) is 16.9 Å². The van der Waals surface area contributed by atoms with Crippen LogP contribution in [0.1, 0.15) is 0 Å². The van der Waals surface area contributed by atoms with Gasteiger partial charge in [-0.1, -0.05) is 0 Å². The lowest BCUT2D eigenvalue weighted by molar-refractivity contribution is -0.112. The predicted octanol–water partition coefficient (Wildman–Crippen LogP) is 2.76. The monoisotopic (exact) mass is 445 g/mol. The number of nitrogens with zero attached hydrogens (tertiary/aromatic N) is 3. The van der Waals surface area contributed by atoms with Gasteiger partial charge in [0.1, 0.15) is 11.4 Å². The molecule has 9 nitrogen and oxygen atoms in total. The molecular weight excluding hydrogens is 428 g/mol. The van der Waals surface area contributed by atoms with Crippen molar-refractivity contribution in [3.63, 3.8) is 0 Å². The molecule has 3 aliphatic heterocycles. The number of thioether (sulfide) groups is 1. The summed E-state index contributed by atoms with van der Waals surface area (Å²) in [4.78, 5) is 18.0. The lowest BCUT2D eigenvalue weighted by Crippen LogP contribution is -2.27. The van der Waals surface area contributed by atoms with Crippen LogP contribution in [0.3, 0.4) is 0 Å². The topological polar surface area (TPSA) is 107 Å². The van der Waals surface area contributed by atoms with E-state index in [1.165, 1.54) is 12.3 Å². The molecule has 3 aliphatic rings. The quantitative estimate of drug-likeness (QED) is 0.561. The standard InChI is InChI=1S/C19H17F2N7O2S/c20-19(21)30-14-7-12-15(31-5-3-22-12)6-10(14)16-13(9-24-27-16)26-18(29)11-8-25-28-4-1-2-23-17(11)28/h1-2,4,6-7,9,19,22,25H,3,5,8H2,(H,24,27)(H,26,29). The summed E-state index contributed by atoms with van der Waals surface area (Å²) in [6.45, 7) is -1.96. The molecule has 31 heavy (non-hydrogen) atoms. The highest BCUT2D eigenvalue weighted by molar-refractivity contribution is 7.99. The van der Waals surface area contributed by atoms with Crippen molar-refractivity contribution >= 4 is 35.3 Å². The number of hydrogen-bond donors (Lipinski definition) is 4. The number of amides is 1. The number of anilines is 2. The number of alkyl halides is 2. The average molecular weight is 445 g/mol. The summed E-state index contributed by atoms with van der Waals surface area (Å²) in [6, 6.07) is 3.28. The summed E-state index contributed by atoms with van der Waals surface area (Å²) in [5, 5.41) is 14.5. The highest BCUT2D eigenvalue weighted by Gasteiger charge is 2.28. The lowest BCUT2D eigenvalue weighted by atomic mass is 10.1. The molecule has 4 heterocycles. The molecule has 0 fully saturated rings. The number of fused-ring (bicyclic) bond motifs is 2. The first kappa shape index (κ1) is 19.6. The number of ether oxygens (including phenoxy) is 1. The van der Waals surface area contributed by atoms with Gasteiger partial charge in [0, 0.05) is 54.0 Å². The number of aliphatic imine (C=N–C) groups is 1. The molecule has 12 heteroatoms. The molecule has 0 radical (unpaired) electrons. The van der Waals surface area contributed by atoms with Crippen LogP contribution in [-0.2, 0) is 4.79 Å². The predicted molar refractivity (Wildman–Crippen MR) is 113 cm³/mol.